The number of aryl methyl sites for hydroxylation is 1. The highest BCUT2D eigenvalue weighted by atomic mass is 14.9. The summed E-state index contributed by atoms with van der Waals surface area (Å²) in [6.45, 7) is 3.37. The van der Waals surface area contributed by atoms with Gasteiger partial charge in [0.1, 0.15) is 0 Å². The van der Waals surface area contributed by atoms with Gasteiger partial charge in [-0.3, -0.25) is 0 Å². The van der Waals surface area contributed by atoms with E-state index in [1.165, 1.54) is 61.9 Å². The molecule has 2 aliphatic rings. The molecule has 3 rings (SSSR count). The Morgan fingerprint density at radius 3 is 2.71 bits per heavy atom. The highest BCUT2D eigenvalue weighted by Gasteiger charge is 2.27. The fraction of sp³-hybridized carbons (Fsp3) is 0.625. The minimum absolute atomic E-state index is 0.880. The molecule has 1 heteroatoms. The van der Waals surface area contributed by atoms with Crippen LogP contribution >= 0.6 is 0 Å². The Morgan fingerprint density at radius 2 is 1.88 bits per heavy atom. The Morgan fingerprint density at radius 1 is 1.06 bits per heavy atom. The van der Waals surface area contributed by atoms with Crippen LogP contribution in [0, 0.1) is 18.8 Å². The maximum atomic E-state index is 3.65. The van der Waals surface area contributed by atoms with Gasteiger partial charge in [-0.25, -0.2) is 0 Å². The lowest BCUT2D eigenvalue weighted by atomic mass is 9.76. The molecular weight excluding hydrogens is 206 g/mol. The summed E-state index contributed by atoms with van der Waals surface area (Å²) in [5.41, 5.74) is 4.29. The van der Waals surface area contributed by atoms with E-state index in [-0.39, 0.29) is 0 Å². The summed E-state index contributed by atoms with van der Waals surface area (Å²) >= 11 is 0. The summed E-state index contributed by atoms with van der Waals surface area (Å²) in [6.07, 6.45) is 8.62. The van der Waals surface area contributed by atoms with Crippen LogP contribution in [0.3, 0.4) is 0 Å². The predicted octanol–water partition coefficient (Wildman–Crippen LogP) is 4.16. The van der Waals surface area contributed by atoms with Gasteiger partial charge in [-0.2, -0.15) is 0 Å². The van der Waals surface area contributed by atoms with Crippen LogP contribution < -0.4 is 5.32 Å². The van der Waals surface area contributed by atoms with Crippen molar-refractivity contribution >= 4 is 5.69 Å². The molecular formula is C16H23N. The van der Waals surface area contributed by atoms with E-state index in [0.29, 0.717) is 0 Å². The molecule has 0 amide bonds. The third-order valence-corrected chi connectivity index (χ3v) is 4.62. The molecule has 1 aliphatic heterocycles. The number of benzene rings is 1. The maximum Gasteiger partial charge on any atom is 0.0375 e. The van der Waals surface area contributed by atoms with Gasteiger partial charge < -0.3 is 5.32 Å². The lowest BCUT2D eigenvalue weighted by Gasteiger charge is -2.34. The zero-order chi connectivity index (χ0) is 11.7. The van der Waals surface area contributed by atoms with E-state index in [0.717, 1.165) is 11.8 Å². The average molecular weight is 229 g/mol. The molecule has 1 heterocycles. The van der Waals surface area contributed by atoms with Crippen molar-refractivity contribution in [2.75, 3.05) is 11.9 Å². The molecule has 92 valence electrons. The molecule has 1 aromatic rings. The molecule has 1 N–H and O–H groups in total. The van der Waals surface area contributed by atoms with Gasteiger partial charge >= 0.3 is 0 Å². The van der Waals surface area contributed by atoms with Crippen LogP contribution in [0.1, 0.15) is 43.2 Å². The number of fused-ring (bicyclic) bond motifs is 1. The van der Waals surface area contributed by atoms with E-state index in [9.17, 15) is 0 Å². The first-order valence-corrected chi connectivity index (χ1v) is 7.16. The number of hydrogen-bond acceptors (Lipinski definition) is 1. The summed E-state index contributed by atoms with van der Waals surface area (Å²) in [7, 11) is 0. The Bertz CT molecular complexity index is 391. The summed E-state index contributed by atoms with van der Waals surface area (Å²) in [4.78, 5) is 0. The van der Waals surface area contributed by atoms with Crippen LogP contribution in [0.4, 0.5) is 5.69 Å². The summed E-state index contributed by atoms with van der Waals surface area (Å²) < 4.78 is 0. The standard InChI is InChI=1S/C16H23N/c1-12-7-8-14-10-15(11-17-16(14)9-12)13-5-3-2-4-6-13/h7-9,13,15,17H,2-6,10-11H2,1H3. The van der Waals surface area contributed by atoms with Crippen molar-refractivity contribution in [2.24, 2.45) is 11.8 Å². The normalized spacial score (nSPS) is 25.1. The van der Waals surface area contributed by atoms with Crippen LogP contribution in [0.25, 0.3) is 0 Å². The molecule has 1 saturated carbocycles. The largest absolute Gasteiger partial charge is 0.385 e. The Hall–Kier alpha value is -0.980. The van der Waals surface area contributed by atoms with E-state index in [1.54, 1.807) is 0 Å². The van der Waals surface area contributed by atoms with Gasteiger partial charge in [0, 0.05) is 12.2 Å². The number of nitrogens with one attached hydrogen (secondary N) is 1. The molecule has 1 nitrogen and oxygen atoms in total. The van der Waals surface area contributed by atoms with Gasteiger partial charge in [-0.05, 0) is 42.4 Å². The van der Waals surface area contributed by atoms with Crippen LogP contribution in [-0.2, 0) is 6.42 Å². The predicted molar refractivity (Wildman–Crippen MR) is 73.4 cm³/mol. The smallest absolute Gasteiger partial charge is 0.0375 e. The van der Waals surface area contributed by atoms with Gasteiger partial charge in [0.2, 0.25) is 0 Å². The monoisotopic (exact) mass is 229 g/mol. The van der Waals surface area contributed by atoms with Crippen molar-refractivity contribution < 1.29 is 0 Å². The molecule has 1 atom stereocenters. The van der Waals surface area contributed by atoms with E-state index in [1.807, 2.05) is 0 Å². The molecule has 0 spiro atoms. The molecule has 1 fully saturated rings. The Labute approximate surface area is 105 Å². The summed E-state index contributed by atoms with van der Waals surface area (Å²) in [6, 6.07) is 6.88. The second-order valence-corrected chi connectivity index (χ2v) is 5.90. The molecule has 0 aromatic heterocycles. The SMILES string of the molecule is Cc1ccc2c(c1)NCC(C1CCCCC1)C2. The fourth-order valence-electron chi connectivity index (χ4n) is 3.57. The first-order chi connectivity index (χ1) is 8.33. The van der Waals surface area contributed by atoms with Crippen LogP contribution in [0.15, 0.2) is 18.2 Å². The van der Waals surface area contributed by atoms with Crippen molar-refractivity contribution in [3.05, 3.63) is 29.3 Å². The maximum absolute atomic E-state index is 3.65. The quantitative estimate of drug-likeness (QED) is 0.762. The second kappa shape index (κ2) is 4.72. The zero-order valence-corrected chi connectivity index (χ0v) is 10.8. The van der Waals surface area contributed by atoms with Gasteiger partial charge in [0.25, 0.3) is 0 Å². The van der Waals surface area contributed by atoms with E-state index >= 15 is 0 Å². The lowest BCUT2D eigenvalue weighted by molar-refractivity contribution is 0.252. The number of hydrogen-bond donors (Lipinski definition) is 1. The molecule has 17 heavy (non-hydrogen) atoms. The van der Waals surface area contributed by atoms with Crippen LogP contribution in [-0.4, -0.2) is 6.54 Å². The van der Waals surface area contributed by atoms with Gasteiger partial charge in [-0.15, -0.1) is 0 Å². The molecule has 1 aromatic carbocycles. The third-order valence-electron chi connectivity index (χ3n) is 4.62. The van der Waals surface area contributed by atoms with Gasteiger partial charge in [0.15, 0.2) is 0 Å². The molecule has 1 aliphatic carbocycles. The highest BCUT2D eigenvalue weighted by Crippen LogP contribution is 2.36. The minimum atomic E-state index is 0.880. The lowest BCUT2D eigenvalue weighted by Crippen LogP contribution is -2.30. The van der Waals surface area contributed by atoms with Crippen molar-refractivity contribution in [3.8, 4) is 0 Å². The number of anilines is 1. The first kappa shape index (κ1) is 11.1. The Balaban J connectivity index is 1.73. The first-order valence-electron chi connectivity index (χ1n) is 7.16. The fourth-order valence-corrected chi connectivity index (χ4v) is 3.57. The van der Waals surface area contributed by atoms with Crippen LogP contribution in [0.5, 0.6) is 0 Å². The van der Waals surface area contributed by atoms with E-state index in [4.69, 9.17) is 0 Å². The van der Waals surface area contributed by atoms with Gasteiger partial charge in [0.05, 0.1) is 0 Å². The van der Waals surface area contributed by atoms with Crippen molar-refractivity contribution in [2.45, 2.75) is 45.4 Å². The number of rotatable bonds is 1. The minimum Gasteiger partial charge on any atom is -0.385 e. The molecule has 1 unspecified atom stereocenters. The van der Waals surface area contributed by atoms with Crippen LogP contribution in [0.2, 0.25) is 0 Å². The summed E-state index contributed by atoms with van der Waals surface area (Å²) in [5, 5.41) is 3.65. The third kappa shape index (κ3) is 2.34. The molecule has 0 radical (unpaired) electrons. The van der Waals surface area contributed by atoms with E-state index in [2.05, 4.69) is 30.4 Å². The topological polar surface area (TPSA) is 12.0 Å². The molecule has 0 saturated heterocycles. The average Bonchev–Trinajstić information content (AvgIpc) is 2.39. The second-order valence-electron chi connectivity index (χ2n) is 5.90. The molecule has 0 bridgehead atoms. The highest BCUT2D eigenvalue weighted by molar-refractivity contribution is 5.55. The van der Waals surface area contributed by atoms with Crippen molar-refractivity contribution in [3.63, 3.8) is 0 Å². The van der Waals surface area contributed by atoms with E-state index < -0.39 is 0 Å². The van der Waals surface area contributed by atoms with Crippen molar-refractivity contribution in [1.82, 2.24) is 0 Å². The van der Waals surface area contributed by atoms with Gasteiger partial charge in [-0.1, -0.05) is 44.2 Å². The van der Waals surface area contributed by atoms with Crippen molar-refractivity contribution in [1.29, 1.82) is 0 Å². The summed E-state index contributed by atoms with van der Waals surface area (Å²) in [5.74, 6) is 1.86. The zero-order valence-electron chi connectivity index (χ0n) is 10.8. The Kier molecular flexibility index (Phi) is 3.09.